The molecule has 1 aliphatic rings. The van der Waals surface area contributed by atoms with Crippen molar-refractivity contribution >= 4 is 0 Å². The minimum absolute atomic E-state index is 0.0183. The van der Waals surface area contributed by atoms with E-state index in [4.69, 9.17) is 9.84 Å². The van der Waals surface area contributed by atoms with E-state index in [1.807, 2.05) is 0 Å². The molecule has 1 aromatic rings. The van der Waals surface area contributed by atoms with Gasteiger partial charge in [-0.15, -0.1) is 0 Å². The van der Waals surface area contributed by atoms with Crippen LogP contribution in [0.15, 0.2) is 18.2 Å². The lowest BCUT2D eigenvalue weighted by molar-refractivity contribution is 0.118. The van der Waals surface area contributed by atoms with E-state index in [0.717, 1.165) is 24.2 Å². The van der Waals surface area contributed by atoms with Crippen LogP contribution in [0.2, 0.25) is 0 Å². The molecular weight excluding hydrogens is 195 g/mol. The molecule has 1 saturated carbocycles. The summed E-state index contributed by atoms with van der Waals surface area (Å²) in [6.45, 7) is 0.0183. The molecule has 1 fully saturated rings. The number of benzene rings is 1. The Morgan fingerprint density at radius 3 is 2.80 bits per heavy atom. The molecule has 0 aromatic heterocycles. The van der Waals surface area contributed by atoms with Crippen LogP contribution in [-0.4, -0.2) is 17.8 Å². The molecule has 1 N–H and O–H groups in total. The van der Waals surface area contributed by atoms with Crippen molar-refractivity contribution in [3.8, 4) is 5.75 Å². The fourth-order valence-corrected chi connectivity index (χ4v) is 1.65. The predicted octanol–water partition coefficient (Wildman–Crippen LogP) is 2.29. The summed E-state index contributed by atoms with van der Waals surface area (Å²) in [5.41, 5.74) is 0.754. The highest BCUT2D eigenvalue weighted by Crippen LogP contribution is 2.28. The molecule has 0 aliphatic heterocycles. The Labute approximate surface area is 88.7 Å². The van der Waals surface area contributed by atoms with Crippen molar-refractivity contribution in [1.29, 1.82) is 0 Å². The number of hydrogen-bond donors (Lipinski definition) is 1. The zero-order valence-corrected chi connectivity index (χ0v) is 8.58. The first-order chi connectivity index (χ1) is 7.29. The molecule has 0 heterocycles. The minimum atomic E-state index is -0.278. The molecular formula is C12H15FO2. The van der Waals surface area contributed by atoms with Gasteiger partial charge in [-0.05, 0) is 49.4 Å². The normalized spacial score (nSPS) is 16.1. The summed E-state index contributed by atoms with van der Waals surface area (Å²) in [5, 5.41) is 8.86. The Kier molecular flexibility index (Phi) is 3.21. The highest BCUT2D eigenvalue weighted by Gasteiger charge is 2.20. The van der Waals surface area contributed by atoms with Crippen molar-refractivity contribution in [1.82, 2.24) is 0 Å². The van der Waals surface area contributed by atoms with Crippen LogP contribution in [0.1, 0.15) is 24.8 Å². The summed E-state index contributed by atoms with van der Waals surface area (Å²) in [6.07, 6.45) is 4.10. The Morgan fingerprint density at radius 2 is 2.20 bits per heavy atom. The molecule has 3 heteroatoms. The lowest BCUT2D eigenvalue weighted by Gasteiger charge is -2.27. The van der Waals surface area contributed by atoms with Gasteiger partial charge in [-0.3, -0.25) is 0 Å². The zero-order chi connectivity index (χ0) is 10.7. The first-order valence-electron chi connectivity index (χ1n) is 5.35. The number of aliphatic hydroxyl groups excluding tert-OH is 1. The predicted molar refractivity (Wildman–Crippen MR) is 55.5 cm³/mol. The maximum Gasteiger partial charge on any atom is 0.123 e. The maximum absolute atomic E-state index is 13.0. The highest BCUT2D eigenvalue weighted by molar-refractivity contribution is 5.34. The Balaban J connectivity index is 2.12. The summed E-state index contributed by atoms with van der Waals surface area (Å²) < 4.78 is 18.7. The quantitative estimate of drug-likeness (QED) is 0.826. The number of ether oxygens (including phenoxy) is 1. The van der Waals surface area contributed by atoms with E-state index >= 15 is 0 Å². The second-order valence-corrected chi connectivity index (χ2v) is 3.90. The third-order valence-corrected chi connectivity index (χ3v) is 2.75. The van der Waals surface area contributed by atoms with Crippen molar-refractivity contribution in [2.75, 3.05) is 6.61 Å². The first kappa shape index (κ1) is 10.4. The van der Waals surface area contributed by atoms with Crippen molar-refractivity contribution < 1.29 is 14.2 Å². The Morgan fingerprint density at radius 1 is 1.40 bits per heavy atom. The molecule has 0 radical (unpaired) electrons. The molecule has 82 valence electrons. The highest BCUT2D eigenvalue weighted by atomic mass is 19.1. The molecule has 2 rings (SSSR count). The van der Waals surface area contributed by atoms with Crippen molar-refractivity contribution in [3.63, 3.8) is 0 Å². The molecule has 15 heavy (non-hydrogen) atoms. The summed E-state index contributed by atoms with van der Waals surface area (Å²) in [4.78, 5) is 0. The van der Waals surface area contributed by atoms with Crippen molar-refractivity contribution in [2.24, 2.45) is 0 Å². The van der Waals surface area contributed by atoms with Crippen molar-refractivity contribution in [3.05, 3.63) is 29.6 Å². The summed E-state index contributed by atoms with van der Waals surface area (Å²) in [5.74, 6) is 0.439. The van der Waals surface area contributed by atoms with Crippen LogP contribution in [-0.2, 0) is 6.42 Å². The molecule has 0 saturated heterocycles. The molecule has 1 aromatic carbocycles. The molecule has 0 spiro atoms. The van der Waals surface area contributed by atoms with E-state index in [1.165, 1.54) is 18.6 Å². The molecule has 0 unspecified atom stereocenters. The van der Waals surface area contributed by atoms with Crippen molar-refractivity contribution in [2.45, 2.75) is 31.8 Å². The van der Waals surface area contributed by atoms with Crippen LogP contribution in [0.25, 0.3) is 0 Å². The summed E-state index contributed by atoms with van der Waals surface area (Å²) >= 11 is 0. The number of halogens is 1. The van der Waals surface area contributed by atoms with Crippen LogP contribution in [0.5, 0.6) is 5.75 Å². The first-order valence-corrected chi connectivity index (χ1v) is 5.35. The van der Waals surface area contributed by atoms with Crippen LogP contribution in [0, 0.1) is 5.82 Å². The monoisotopic (exact) mass is 210 g/mol. The molecule has 0 atom stereocenters. The van der Waals surface area contributed by atoms with Gasteiger partial charge >= 0.3 is 0 Å². The maximum atomic E-state index is 13.0. The molecule has 1 aliphatic carbocycles. The third kappa shape index (κ3) is 2.48. The Hall–Kier alpha value is -1.09. The van der Waals surface area contributed by atoms with E-state index in [0.29, 0.717) is 6.42 Å². The van der Waals surface area contributed by atoms with Gasteiger partial charge < -0.3 is 9.84 Å². The fourth-order valence-electron chi connectivity index (χ4n) is 1.65. The van der Waals surface area contributed by atoms with Crippen LogP contribution >= 0.6 is 0 Å². The van der Waals surface area contributed by atoms with Gasteiger partial charge in [0.1, 0.15) is 11.6 Å². The average molecular weight is 210 g/mol. The lowest BCUT2D eigenvalue weighted by Crippen LogP contribution is -2.25. The smallest absolute Gasteiger partial charge is 0.123 e. The lowest BCUT2D eigenvalue weighted by atomic mass is 9.96. The van der Waals surface area contributed by atoms with E-state index < -0.39 is 0 Å². The van der Waals surface area contributed by atoms with E-state index in [-0.39, 0.29) is 18.5 Å². The van der Waals surface area contributed by atoms with E-state index in [2.05, 4.69) is 0 Å². The SMILES string of the molecule is OCCc1cc(F)ccc1OC1CCC1. The number of rotatable bonds is 4. The molecule has 2 nitrogen and oxygen atoms in total. The van der Waals surface area contributed by atoms with Crippen LogP contribution in [0.4, 0.5) is 4.39 Å². The number of aliphatic hydroxyl groups is 1. The van der Waals surface area contributed by atoms with Gasteiger partial charge in [-0.2, -0.15) is 0 Å². The van der Waals surface area contributed by atoms with E-state index in [9.17, 15) is 4.39 Å². The van der Waals surface area contributed by atoms with Gasteiger partial charge in [0.15, 0.2) is 0 Å². The van der Waals surface area contributed by atoms with Gasteiger partial charge in [0.25, 0.3) is 0 Å². The second-order valence-electron chi connectivity index (χ2n) is 3.90. The number of hydrogen-bond acceptors (Lipinski definition) is 2. The Bertz CT molecular complexity index is 334. The minimum Gasteiger partial charge on any atom is -0.490 e. The molecule has 0 amide bonds. The van der Waals surface area contributed by atoms with Gasteiger partial charge in [-0.25, -0.2) is 4.39 Å². The molecule has 0 bridgehead atoms. The van der Waals surface area contributed by atoms with Gasteiger partial charge in [-0.1, -0.05) is 0 Å². The standard InChI is InChI=1S/C12H15FO2/c13-10-4-5-12(9(8-10)6-7-14)15-11-2-1-3-11/h4-5,8,11,14H,1-3,6-7H2. The summed E-state index contributed by atoms with van der Waals surface area (Å²) in [7, 11) is 0. The van der Waals surface area contributed by atoms with Gasteiger partial charge in [0.2, 0.25) is 0 Å². The topological polar surface area (TPSA) is 29.5 Å². The zero-order valence-electron chi connectivity index (χ0n) is 8.58. The largest absolute Gasteiger partial charge is 0.490 e. The third-order valence-electron chi connectivity index (χ3n) is 2.75. The average Bonchev–Trinajstić information content (AvgIpc) is 2.14. The van der Waals surface area contributed by atoms with Crippen LogP contribution < -0.4 is 4.74 Å². The van der Waals surface area contributed by atoms with Crippen LogP contribution in [0.3, 0.4) is 0 Å². The van der Waals surface area contributed by atoms with Gasteiger partial charge in [0.05, 0.1) is 6.10 Å². The fraction of sp³-hybridized carbons (Fsp3) is 0.500. The van der Waals surface area contributed by atoms with Gasteiger partial charge in [0, 0.05) is 6.61 Å². The second kappa shape index (κ2) is 4.62. The summed E-state index contributed by atoms with van der Waals surface area (Å²) in [6, 6.07) is 4.48. The van der Waals surface area contributed by atoms with E-state index in [1.54, 1.807) is 6.07 Å².